The molecule has 1 aromatic carbocycles. The highest BCUT2D eigenvalue weighted by Crippen LogP contribution is 2.43. The van der Waals surface area contributed by atoms with Crippen molar-refractivity contribution in [1.29, 1.82) is 5.26 Å². The van der Waals surface area contributed by atoms with Gasteiger partial charge >= 0.3 is 5.97 Å². The van der Waals surface area contributed by atoms with Gasteiger partial charge in [-0.15, -0.1) is 0 Å². The van der Waals surface area contributed by atoms with Crippen LogP contribution < -0.4 is 5.32 Å². The fourth-order valence-corrected chi connectivity index (χ4v) is 3.20. The lowest BCUT2D eigenvalue weighted by atomic mass is 9.76. The number of amides is 1. The molecule has 0 saturated heterocycles. The van der Waals surface area contributed by atoms with E-state index >= 15 is 0 Å². The normalized spacial score (nSPS) is 19.8. The van der Waals surface area contributed by atoms with Crippen LogP contribution in [0.15, 0.2) is 34.6 Å². The molecule has 0 fully saturated rings. The third-order valence-electron chi connectivity index (χ3n) is 3.82. The largest absolute Gasteiger partial charge is 0.468 e. The zero-order valence-electron chi connectivity index (χ0n) is 13.8. The van der Waals surface area contributed by atoms with Gasteiger partial charge in [-0.25, -0.2) is 4.99 Å². The zero-order chi connectivity index (χ0) is 18.7. The molecule has 0 aliphatic carbocycles. The van der Waals surface area contributed by atoms with Gasteiger partial charge in [-0.3, -0.25) is 9.59 Å². The van der Waals surface area contributed by atoms with Crippen LogP contribution in [0.3, 0.4) is 0 Å². The van der Waals surface area contributed by atoms with Crippen LogP contribution in [-0.2, 0) is 14.3 Å². The summed E-state index contributed by atoms with van der Waals surface area (Å²) in [6.45, 7) is 2.93. The van der Waals surface area contributed by atoms with Crippen molar-refractivity contribution >= 4 is 40.8 Å². The lowest BCUT2D eigenvalue weighted by Crippen LogP contribution is -2.36. The molecule has 6 nitrogen and oxygen atoms in total. The number of nitrogens with one attached hydrogen (secondary N) is 1. The third kappa shape index (κ3) is 3.68. The van der Waals surface area contributed by atoms with E-state index in [-0.39, 0.29) is 22.3 Å². The minimum absolute atomic E-state index is 0.0914. The summed E-state index contributed by atoms with van der Waals surface area (Å²) in [6.07, 6.45) is 0. The van der Waals surface area contributed by atoms with E-state index in [1.54, 1.807) is 25.1 Å². The fourth-order valence-electron chi connectivity index (χ4n) is 2.78. The summed E-state index contributed by atoms with van der Waals surface area (Å²) in [4.78, 5) is 28.0. The average Bonchev–Trinajstić information content (AvgIpc) is 2.55. The Morgan fingerprint density at radius 1 is 1.36 bits per heavy atom. The van der Waals surface area contributed by atoms with Gasteiger partial charge in [0, 0.05) is 18.6 Å². The Bertz CT molecular complexity index is 840. The SMILES string of the molecule is COC(=O)C1C(C)=NC(NC(C)=O)=C(C#N)C1c1cccc(Cl)c1Cl. The van der Waals surface area contributed by atoms with Gasteiger partial charge in [0.15, 0.2) is 0 Å². The van der Waals surface area contributed by atoms with Crippen LogP contribution in [0, 0.1) is 17.2 Å². The minimum Gasteiger partial charge on any atom is -0.468 e. The molecule has 0 radical (unpaired) electrons. The van der Waals surface area contributed by atoms with Crippen LogP contribution >= 0.6 is 23.2 Å². The number of hydrogen-bond acceptors (Lipinski definition) is 5. The molecule has 0 saturated carbocycles. The van der Waals surface area contributed by atoms with E-state index in [4.69, 9.17) is 27.9 Å². The van der Waals surface area contributed by atoms with Gasteiger partial charge in [0.05, 0.1) is 28.8 Å². The van der Waals surface area contributed by atoms with Crippen LogP contribution in [-0.4, -0.2) is 24.7 Å². The highest BCUT2D eigenvalue weighted by atomic mass is 35.5. The molecule has 0 spiro atoms. The summed E-state index contributed by atoms with van der Waals surface area (Å²) in [5, 5.41) is 12.7. The van der Waals surface area contributed by atoms with Crippen LogP contribution in [0.5, 0.6) is 0 Å². The van der Waals surface area contributed by atoms with Gasteiger partial charge in [0.25, 0.3) is 0 Å². The second-order valence-electron chi connectivity index (χ2n) is 5.43. The van der Waals surface area contributed by atoms with Gasteiger partial charge in [-0.05, 0) is 18.6 Å². The maximum absolute atomic E-state index is 12.3. The van der Waals surface area contributed by atoms with Crippen LogP contribution in [0.25, 0.3) is 0 Å². The summed E-state index contributed by atoms with van der Waals surface area (Å²) >= 11 is 12.4. The number of hydrogen-bond donors (Lipinski definition) is 1. The molecule has 1 aromatic rings. The summed E-state index contributed by atoms with van der Waals surface area (Å²) in [7, 11) is 1.26. The molecule has 0 bridgehead atoms. The molecule has 1 amide bonds. The molecule has 0 aromatic heterocycles. The zero-order valence-corrected chi connectivity index (χ0v) is 15.3. The third-order valence-corrected chi connectivity index (χ3v) is 4.66. The van der Waals surface area contributed by atoms with Crippen molar-refractivity contribution in [2.24, 2.45) is 10.9 Å². The number of carbonyl (C=O) groups excluding carboxylic acids is 2. The molecule has 1 aliphatic rings. The molecule has 1 N–H and O–H groups in total. The molecule has 2 unspecified atom stereocenters. The highest BCUT2D eigenvalue weighted by Gasteiger charge is 2.41. The Kier molecular flexibility index (Phi) is 5.83. The van der Waals surface area contributed by atoms with Crippen LogP contribution in [0.2, 0.25) is 10.0 Å². The number of ether oxygens (including phenoxy) is 1. The van der Waals surface area contributed by atoms with E-state index in [2.05, 4.69) is 10.3 Å². The lowest BCUT2D eigenvalue weighted by Gasteiger charge is -2.30. The van der Waals surface area contributed by atoms with E-state index in [1.807, 2.05) is 6.07 Å². The van der Waals surface area contributed by atoms with Crippen molar-refractivity contribution in [2.75, 3.05) is 7.11 Å². The van der Waals surface area contributed by atoms with Crippen molar-refractivity contribution in [1.82, 2.24) is 5.32 Å². The van der Waals surface area contributed by atoms with E-state index in [0.717, 1.165) is 0 Å². The predicted molar refractivity (Wildman–Crippen MR) is 94.3 cm³/mol. The topological polar surface area (TPSA) is 91.5 Å². The second kappa shape index (κ2) is 7.68. The summed E-state index contributed by atoms with van der Waals surface area (Å²) in [6, 6.07) is 6.99. The van der Waals surface area contributed by atoms with Gasteiger partial charge in [0.1, 0.15) is 11.7 Å². The summed E-state index contributed by atoms with van der Waals surface area (Å²) in [5.41, 5.74) is 0.995. The van der Waals surface area contributed by atoms with Crippen molar-refractivity contribution in [3.05, 3.63) is 45.2 Å². The highest BCUT2D eigenvalue weighted by molar-refractivity contribution is 6.42. The van der Waals surface area contributed by atoms with Gasteiger partial charge in [-0.1, -0.05) is 35.3 Å². The monoisotopic (exact) mass is 379 g/mol. The number of esters is 1. The first-order valence-electron chi connectivity index (χ1n) is 7.30. The molecular weight excluding hydrogens is 365 g/mol. The average molecular weight is 380 g/mol. The number of carbonyl (C=O) groups is 2. The number of rotatable bonds is 3. The quantitative estimate of drug-likeness (QED) is 0.816. The molecule has 8 heteroatoms. The maximum atomic E-state index is 12.3. The molecular formula is C17H15Cl2N3O3. The Balaban J connectivity index is 2.75. The Morgan fingerprint density at radius 3 is 2.60 bits per heavy atom. The van der Waals surface area contributed by atoms with Gasteiger partial charge < -0.3 is 10.1 Å². The van der Waals surface area contributed by atoms with Gasteiger partial charge in [0.2, 0.25) is 5.91 Å². The molecule has 1 aliphatic heterocycles. The molecule has 1 heterocycles. The number of halogens is 2. The van der Waals surface area contributed by atoms with Gasteiger partial charge in [-0.2, -0.15) is 5.26 Å². The van der Waals surface area contributed by atoms with Crippen molar-refractivity contribution in [3.8, 4) is 6.07 Å². The smallest absolute Gasteiger partial charge is 0.315 e. The molecule has 2 rings (SSSR count). The second-order valence-corrected chi connectivity index (χ2v) is 6.22. The first-order chi connectivity index (χ1) is 11.8. The van der Waals surface area contributed by atoms with Crippen LogP contribution in [0.1, 0.15) is 25.3 Å². The standard InChI is InChI=1S/C17H15Cl2N3O3/c1-8-13(17(24)25-3)14(10-5-4-6-12(18)15(10)19)11(7-20)16(21-8)22-9(2)23/h4-6,13-14H,1-3H3,(H,22,23). The Hall–Kier alpha value is -2.36. The molecule has 130 valence electrons. The van der Waals surface area contributed by atoms with Crippen molar-refractivity contribution < 1.29 is 14.3 Å². The molecule has 25 heavy (non-hydrogen) atoms. The van der Waals surface area contributed by atoms with E-state index in [0.29, 0.717) is 16.3 Å². The first kappa shape index (κ1) is 19.0. The number of benzene rings is 1. The van der Waals surface area contributed by atoms with E-state index in [1.165, 1.54) is 14.0 Å². The number of allylic oxidation sites excluding steroid dienone is 1. The number of nitriles is 1. The van der Waals surface area contributed by atoms with E-state index in [9.17, 15) is 14.9 Å². The van der Waals surface area contributed by atoms with E-state index < -0.39 is 17.8 Å². The number of nitrogens with zero attached hydrogens (tertiary/aromatic N) is 2. The summed E-state index contributed by atoms with van der Waals surface area (Å²) < 4.78 is 4.88. The van der Waals surface area contributed by atoms with Crippen LogP contribution in [0.4, 0.5) is 0 Å². The fraction of sp³-hybridized carbons (Fsp3) is 0.294. The van der Waals surface area contributed by atoms with Crippen molar-refractivity contribution in [3.63, 3.8) is 0 Å². The molecule has 2 atom stereocenters. The minimum atomic E-state index is -0.854. The first-order valence-corrected chi connectivity index (χ1v) is 8.06. The Labute approximate surface area is 155 Å². The predicted octanol–water partition coefficient (Wildman–Crippen LogP) is 3.21. The number of methoxy groups -OCH3 is 1. The number of aliphatic imine (C=N–C) groups is 1. The lowest BCUT2D eigenvalue weighted by molar-refractivity contribution is -0.143. The maximum Gasteiger partial charge on any atom is 0.315 e. The summed E-state index contributed by atoms with van der Waals surface area (Å²) in [5.74, 6) is -2.48. The van der Waals surface area contributed by atoms with Crippen molar-refractivity contribution in [2.45, 2.75) is 19.8 Å². The Morgan fingerprint density at radius 2 is 2.04 bits per heavy atom.